The average Bonchev–Trinajstić information content (AvgIpc) is 2.51. The fourth-order valence-electron chi connectivity index (χ4n) is 2.25. The molecule has 6 N–H and O–H groups in total. The molecular weight excluding hydrogens is 324 g/mol. The van der Waals surface area contributed by atoms with Gasteiger partial charge in [0.2, 0.25) is 5.91 Å². The highest BCUT2D eigenvalue weighted by molar-refractivity contribution is 5.76. The lowest BCUT2D eigenvalue weighted by atomic mass is 9.97. The van der Waals surface area contributed by atoms with Crippen LogP contribution in [-0.2, 0) is 19.2 Å². The van der Waals surface area contributed by atoms with Gasteiger partial charge in [0.1, 0.15) is 24.4 Å². The van der Waals surface area contributed by atoms with Crippen LogP contribution in [0.25, 0.3) is 0 Å². The number of ether oxygens (including phenoxy) is 1. The van der Waals surface area contributed by atoms with Crippen LogP contribution in [0, 0.1) is 0 Å². The molecule has 0 bridgehead atoms. The summed E-state index contributed by atoms with van der Waals surface area (Å²) in [5.74, 6) is -1.27. The summed E-state index contributed by atoms with van der Waals surface area (Å²) in [6.45, 7) is 1.93. The van der Waals surface area contributed by atoms with E-state index in [1.807, 2.05) is 6.92 Å². The summed E-state index contributed by atoms with van der Waals surface area (Å²) in [6.07, 6.45) is -4.05. The lowest BCUT2D eigenvalue weighted by Gasteiger charge is -2.40. The third kappa shape index (κ3) is 6.67. The lowest BCUT2D eigenvalue weighted by Crippen LogP contribution is -2.64. The monoisotopic (exact) mass is 350 g/mol. The maximum Gasteiger partial charge on any atom is 0.303 e. The molecule has 24 heavy (non-hydrogen) atoms. The van der Waals surface area contributed by atoms with Gasteiger partial charge in [-0.1, -0.05) is 6.92 Å². The molecule has 0 aromatic carbocycles. The van der Waals surface area contributed by atoms with Crippen molar-refractivity contribution < 1.29 is 39.6 Å². The van der Waals surface area contributed by atoms with Crippen LogP contribution in [0.15, 0.2) is 0 Å². The van der Waals surface area contributed by atoms with Crippen LogP contribution >= 0.6 is 0 Å². The van der Waals surface area contributed by atoms with Crippen molar-refractivity contribution in [2.75, 3.05) is 13.2 Å². The minimum atomic E-state index is -1.48. The predicted octanol–water partition coefficient (Wildman–Crippen LogP) is -1.90. The van der Waals surface area contributed by atoms with Crippen molar-refractivity contribution in [2.24, 2.45) is 0 Å². The number of aliphatic hydroxyl groups is 3. The molecule has 0 spiro atoms. The molecule has 1 saturated heterocycles. The van der Waals surface area contributed by atoms with Gasteiger partial charge < -0.3 is 30.5 Å². The predicted molar refractivity (Wildman–Crippen MR) is 80.6 cm³/mol. The van der Waals surface area contributed by atoms with E-state index in [2.05, 4.69) is 10.8 Å². The summed E-state index contributed by atoms with van der Waals surface area (Å²) in [4.78, 5) is 26.9. The Morgan fingerprint density at radius 2 is 1.88 bits per heavy atom. The molecule has 0 saturated carbocycles. The molecule has 1 unspecified atom stereocenters. The first kappa shape index (κ1) is 20.7. The van der Waals surface area contributed by atoms with Crippen LogP contribution < -0.4 is 10.8 Å². The number of amides is 1. The Balaban J connectivity index is 2.37. The van der Waals surface area contributed by atoms with Gasteiger partial charge in [-0.2, -0.15) is 0 Å². The van der Waals surface area contributed by atoms with Crippen molar-refractivity contribution in [3.05, 3.63) is 0 Å². The van der Waals surface area contributed by atoms with Gasteiger partial charge in [-0.25, -0.2) is 5.48 Å². The molecule has 1 aliphatic rings. The average molecular weight is 350 g/mol. The Kier molecular flexibility index (Phi) is 9.11. The second-order valence-electron chi connectivity index (χ2n) is 5.59. The number of aliphatic hydroxyl groups excluding tert-OH is 3. The summed E-state index contributed by atoms with van der Waals surface area (Å²) in [6, 6.07) is -1.13. The summed E-state index contributed by atoms with van der Waals surface area (Å²) in [5.41, 5.74) is 2.51. The molecular formula is C14H26N2O8. The van der Waals surface area contributed by atoms with Gasteiger partial charge in [0.25, 0.3) is 0 Å². The van der Waals surface area contributed by atoms with E-state index in [0.717, 1.165) is 0 Å². The zero-order valence-corrected chi connectivity index (χ0v) is 13.6. The van der Waals surface area contributed by atoms with E-state index in [1.54, 1.807) is 0 Å². The molecule has 140 valence electrons. The minimum Gasteiger partial charge on any atom is -0.481 e. The highest BCUT2D eigenvalue weighted by Gasteiger charge is 2.44. The molecule has 1 fully saturated rings. The van der Waals surface area contributed by atoms with Crippen molar-refractivity contribution in [3.8, 4) is 0 Å². The topological polar surface area (TPSA) is 158 Å². The smallest absolute Gasteiger partial charge is 0.303 e. The van der Waals surface area contributed by atoms with E-state index in [4.69, 9.17) is 14.7 Å². The second-order valence-corrected chi connectivity index (χ2v) is 5.59. The van der Waals surface area contributed by atoms with E-state index in [-0.39, 0.29) is 31.9 Å². The normalized spacial score (nSPS) is 30.1. The van der Waals surface area contributed by atoms with Gasteiger partial charge in [0, 0.05) is 19.4 Å². The maximum atomic E-state index is 11.6. The molecule has 0 aromatic rings. The Labute approximate surface area is 139 Å². The number of rotatable bonds is 10. The first-order chi connectivity index (χ1) is 11.4. The Morgan fingerprint density at radius 3 is 2.50 bits per heavy atom. The zero-order chi connectivity index (χ0) is 18.1. The number of hydrogen-bond donors (Lipinski definition) is 6. The number of carboxylic acid groups (broad SMARTS) is 1. The van der Waals surface area contributed by atoms with E-state index in [0.29, 0.717) is 12.8 Å². The Hall–Kier alpha value is -1.30. The third-order valence-electron chi connectivity index (χ3n) is 3.54. The van der Waals surface area contributed by atoms with Crippen LogP contribution in [0.2, 0.25) is 0 Å². The van der Waals surface area contributed by atoms with Crippen molar-refractivity contribution in [1.82, 2.24) is 10.8 Å². The van der Waals surface area contributed by atoms with Gasteiger partial charge in [-0.3, -0.25) is 14.4 Å². The number of hydroxylamine groups is 1. The number of carboxylic acids is 1. The minimum absolute atomic E-state index is 0.00448. The van der Waals surface area contributed by atoms with Gasteiger partial charge in [-0.05, 0) is 12.8 Å². The van der Waals surface area contributed by atoms with Crippen LogP contribution in [0.4, 0.5) is 0 Å². The van der Waals surface area contributed by atoms with Crippen molar-refractivity contribution >= 4 is 11.9 Å². The van der Waals surface area contributed by atoms with Crippen LogP contribution in [0.3, 0.4) is 0 Å². The maximum absolute atomic E-state index is 11.6. The summed E-state index contributed by atoms with van der Waals surface area (Å²) >= 11 is 0. The van der Waals surface area contributed by atoms with E-state index in [1.165, 1.54) is 0 Å². The molecule has 1 heterocycles. The summed E-state index contributed by atoms with van der Waals surface area (Å²) < 4.78 is 5.18. The first-order valence-corrected chi connectivity index (χ1v) is 7.92. The van der Waals surface area contributed by atoms with Gasteiger partial charge >= 0.3 is 5.97 Å². The van der Waals surface area contributed by atoms with Crippen LogP contribution in [0.5, 0.6) is 0 Å². The summed E-state index contributed by atoms with van der Waals surface area (Å²) in [7, 11) is 0. The quantitative estimate of drug-likeness (QED) is 0.195. The molecule has 5 atom stereocenters. The fourth-order valence-corrected chi connectivity index (χ4v) is 2.25. The first-order valence-electron chi connectivity index (χ1n) is 7.92. The lowest BCUT2D eigenvalue weighted by molar-refractivity contribution is -0.260. The standard InChI is InChI=1S/C14H26N2O8/c1-2-4-9(17)16-11-13(21)12(20)8(24-14(11)22)7-23-15-6-3-5-10(18)19/h8,11-15,20-22H,2-7H2,1H3,(H,16,17)(H,18,19)/t8-,11-,12-,13-,14?/m1/s1. The molecule has 10 heteroatoms. The molecule has 1 rings (SSSR count). The largest absolute Gasteiger partial charge is 0.481 e. The molecule has 0 aliphatic carbocycles. The van der Waals surface area contributed by atoms with E-state index >= 15 is 0 Å². The third-order valence-corrected chi connectivity index (χ3v) is 3.54. The number of carbonyl (C=O) groups is 2. The summed E-state index contributed by atoms with van der Waals surface area (Å²) in [5, 5.41) is 40.9. The second kappa shape index (κ2) is 10.5. The highest BCUT2D eigenvalue weighted by atomic mass is 16.7. The number of hydrogen-bond acceptors (Lipinski definition) is 8. The van der Waals surface area contributed by atoms with Gasteiger partial charge in [-0.15, -0.1) is 0 Å². The number of nitrogens with one attached hydrogen (secondary N) is 2. The van der Waals surface area contributed by atoms with Gasteiger partial charge in [0.05, 0.1) is 6.61 Å². The van der Waals surface area contributed by atoms with Crippen molar-refractivity contribution in [3.63, 3.8) is 0 Å². The molecule has 0 radical (unpaired) electrons. The fraction of sp³-hybridized carbons (Fsp3) is 0.857. The zero-order valence-electron chi connectivity index (χ0n) is 13.6. The highest BCUT2D eigenvalue weighted by Crippen LogP contribution is 2.20. The van der Waals surface area contributed by atoms with Crippen LogP contribution in [0.1, 0.15) is 32.6 Å². The van der Waals surface area contributed by atoms with Gasteiger partial charge in [0.15, 0.2) is 6.29 Å². The Bertz CT molecular complexity index is 408. The number of carbonyl (C=O) groups excluding carboxylic acids is 1. The molecule has 1 amide bonds. The molecule has 0 aromatic heterocycles. The molecule has 10 nitrogen and oxygen atoms in total. The number of aliphatic carboxylic acids is 1. The SMILES string of the molecule is CCCC(=O)N[C@H]1C(O)O[C@H](CONCCCC(=O)O)[C@@H](O)[C@@H]1O. The van der Waals surface area contributed by atoms with Crippen molar-refractivity contribution in [2.45, 2.75) is 63.3 Å². The Morgan fingerprint density at radius 1 is 1.17 bits per heavy atom. The van der Waals surface area contributed by atoms with Crippen molar-refractivity contribution in [1.29, 1.82) is 0 Å². The molecule has 1 aliphatic heterocycles. The van der Waals surface area contributed by atoms with Crippen LogP contribution in [-0.4, -0.2) is 76.1 Å². The van der Waals surface area contributed by atoms with E-state index in [9.17, 15) is 24.9 Å². The van der Waals surface area contributed by atoms with E-state index < -0.39 is 36.6 Å².